The number of rotatable bonds is 4. The molecule has 2 heterocycles. The highest BCUT2D eigenvalue weighted by atomic mass is 79.9. The Morgan fingerprint density at radius 1 is 1.20 bits per heavy atom. The molecule has 1 aromatic carbocycles. The van der Waals surface area contributed by atoms with E-state index in [2.05, 4.69) is 26.3 Å². The van der Waals surface area contributed by atoms with Crippen molar-refractivity contribution in [2.24, 2.45) is 0 Å². The van der Waals surface area contributed by atoms with Crippen molar-refractivity contribution in [1.82, 2.24) is 9.78 Å². The number of amides is 1. The van der Waals surface area contributed by atoms with Crippen LogP contribution in [0.1, 0.15) is 47.4 Å². The molecule has 1 amide bonds. The lowest BCUT2D eigenvalue weighted by Gasteiger charge is -2.12. The summed E-state index contributed by atoms with van der Waals surface area (Å²) in [5, 5.41) is 7.30. The molecule has 2 aromatic rings. The Balaban J connectivity index is 1.59. The Bertz CT molecular complexity index is 917. The van der Waals surface area contributed by atoms with Crippen molar-refractivity contribution in [3.05, 3.63) is 46.2 Å². The average molecular weight is 424 g/mol. The number of aromatic nitrogens is 2. The third-order valence-corrected chi connectivity index (χ3v) is 6.93. The van der Waals surface area contributed by atoms with Crippen LogP contribution in [0.5, 0.6) is 0 Å². The molecule has 0 spiro atoms. The second-order valence-electron chi connectivity index (χ2n) is 6.69. The molecule has 1 aromatic heterocycles. The molecule has 0 bridgehead atoms. The Kier molecular flexibility index (Phi) is 4.19. The molecule has 4 rings (SSSR count). The number of halogens is 1. The predicted octanol–water partition coefficient (Wildman–Crippen LogP) is 3.13. The largest absolute Gasteiger partial charge is 0.321 e. The van der Waals surface area contributed by atoms with E-state index in [1.807, 2.05) is 30.3 Å². The lowest BCUT2D eigenvalue weighted by molar-refractivity contribution is 0.102. The van der Waals surface area contributed by atoms with E-state index < -0.39 is 9.84 Å². The van der Waals surface area contributed by atoms with Gasteiger partial charge >= 0.3 is 0 Å². The third-order valence-electron chi connectivity index (χ3n) is 4.65. The predicted molar refractivity (Wildman–Crippen MR) is 98.6 cm³/mol. The van der Waals surface area contributed by atoms with Gasteiger partial charge in [-0.25, -0.2) is 8.42 Å². The highest BCUT2D eigenvalue weighted by molar-refractivity contribution is 9.10. The van der Waals surface area contributed by atoms with Gasteiger partial charge in [0.05, 0.1) is 17.5 Å². The van der Waals surface area contributed by atoms with Gasteiger partial charge in [-0.3, -0.25) is 9.48 Å². The van der Waals surface area contributed by atoms with Crippen LogP contribution in [0.2, 0.25) is 0 Å². The van der Waals surface area contributed by atoms with E-state index in [4.69, 9.17) is 0 Å². The second-order valence-corrected chi connectivity index (χ2v) is 9.84. The zero-order chi connectivity index (χ0) is 17.6. The normalized spacial score (nSPS) is 22.0. The SMILES string of the molecule is O=C(Nc1ccc(Br)cc1)c1cc(C2CC2)n(C2CCS(=O)(=O)C2)n1. The summed E-state index contributed by atoms with van der Waals surface area (Å²) in [6.45, 7) is 0. The number of benzene rings is 1. The first-order valence-corrected chi connectivity index (χ1v) is 10.9. The number of hydrogen-bond acceptors (Lipinski definition) is 4. The van der Waals surface area contributed by atoms with Crippen LogP contribution >= 0.6 is 15.9 Å². The minimum Gasteiger partial charge on any atom is -0.321 e. The highest BCUT2D eigenvalue weighted by Gasteiger charge is 2.36. The van der Waals surface area contributed by atoms with Crippen LogP contribution in [-0.2, 0) is 9.84 Å². The highest BCUT2D eigenvalue weighted by Crippen LogP contribution is 2.42. The van der Waals surface area contributed by atoms with Gasteiger partial charge in [0.2, 0.25) is 0 Å². The zero-order valence-corrected chi connectivity index (χ0v) is 15.9. The van der Waals surface area contributed by atoms with Gasteiger partial charge in [0, 0.05) is 21.8 Å². The topological polar surface area (TPSA) is 81.1 Å². The zero-order valence-electron chi connectivity index (χ0n) is 13.5. The first-order valence-electron chi connectivity index (χ1n) is 8.28. The fourth-order valence-electron chi connectivity index (χ4n) is 3.19. The van der Waals surface area contributed by atoms with Gasteiger partial charge in [-0.1, -0.05) is 15.9 Å². The van der Waals surface area contributed by atoms with Gasteiger partial charge in [-0.05, 0) is 49.6 Å². The molecule has 0 radical (unpaired) electrons. The molecule has 8 heteroatoms. The molecule has 2 fully saturated rings. The number of hydrogen-bond donors (Lipinski definition) is 1. The van der Waals surface area contributed by atoms with Crippen LogP contribution in [0.15, 0.2) is 34.8 Å². The molecule has 25 heavy (non-hydrogen) atoms. The van der Waals surface area contributed by atoms with Crippen LogP contribution in [0, 0.1) is 0 Å². The number of anilines is 1. The summed E-state index contributed by atoms with van der Waals surface area (Å²) in [7, 11) is -3.00. The molecule has 132 valence electrons. The second kappa shape index (κ2) is 6.25. The lowest BCUT2D eigenvalue weighted by atomic mass is 10.2. The summed E-state index contributed by atoms with van der Waals surface area (Å²) in [6, 6.07) is 8.99. The average Bonchev–Trinajstić information content (AvgIpc) is 3.21. The van der Waals surface area contributed by atoms with Gasteiger partial charge < -0.3 is 5.32 Å². The van der Waals surface area contributed by atoms with Gasteiger partial charge in [0.15, 0.2) is 15.5 Å². The van der Waals surface area contributed by atoms with E-state index in [1.165, 1.54) is 0 Å². The van der Waals surface area contributed by atoms with Crippen molar-refractivity contribution >= 4 is 37.4 Å². The summed E-state index contributed by atoms with van der Waals surface area (Å²) in [4.78, 5) is 12.5. The van der Waals surface area contributed by atoms with Gasteiger partial charge in [-0.15, -0.1) is 0 Å². The van der Waals surface area contributed by atoms with E-state index in [9.17, 15) is 13.2 Å². The van der Waals surface area contributed by atoms with E-state index in [1.54, 1.807) is 4.68 Å². The monoisotopic (exact) mass is 423 g/mol. The number of sulfone groups is 1. The molecule has 6 nitrogen and oxygen atoms in total. The number of carbonyl (C=O) groups is 1. The number of nitrogens with zero attached hydrogens (tertiary/aromatic N) is 2. The van der Waals surface area contributed by atoms with Crippen molar-refractivity contribution in [3.63, 3.8) is 0 Å². The molecule has 1 saturated heterocycles. The van der Waals surface area contributed by atoms with Gasteiger partial charge in [0.25, 0.3) is 5.91 Å². The van der Waals surface area contributed by atoms with E-state index in [-0.39, 0.29) is 23.5 Å². The lowest BCUT2D eigenvalue weighted by Crippen LogP contribution is -2.17. The minimum atomic E-state index is -3.00. The first-order chi connectivity index (χ1) is 11.9. The standard InChI is InChI=1S/C17H18BrN3O3S/c18-12-3-5-13(6-4-12)19-17(22)15-9-16(11-1-2-11)21(20-15)14-7-8-25(23,24)10-14/h3-6,9,11,14H,1-2,7-8,10H2,(H,19,22). The summed E-state index contributed by atoms with van der Waals surface area (Å²) in [5.74, 6) is 0.429. The molecule has 1 aliphatic carbocycles. The molecule has 1 atom stereocenters. The number of nitrogens with one attached hydrogen (secondary N) is 1. The molecular formula is C17H18BrN3O3S. The van der Waals surface area contributed by atoms with Crippen LogP contribution < -0.4 is 5.32 Å². The maximum absolute atomic E-state index is 12.5. The van der Waals surface area contributed by atoms with Crippen molar-refractivity contribution in [2.45, 2.75) is 31.2 Å². The summed E-state index contributed by atoms with van der Waals surface area (Å²) < 4.78 is 26.3. The molecule has 1 aliphatic heterocycles. The Morgan fingerprint density at radius 3 is 2.52 bits per heavy atom. The van der Waals surface area contributed by atoms with Crippen molar-refractivity contribution in [2.75, 3.05) is 16.8 Å². The Hall–Kier alpha value is -1.67. The summed E-state index contributed by atoms with van der Waals surface area (Å²) in [5.41, 5.74) is 2.02. The first kappa shape index (κ1) is 16.8. The minimum absolute atomic E-state index is 0.113. The fraction of sp³-hybridized carbons (Fsp3) is 0.412. The van der Waals surface area contributed by atoms with E-state index in [0.717, 1.165) is 23.0 Å². The summed E-state index contributed by atoms with van der Waals surface area (Å²) >= 11 is 3.36. The van der Waals surface area contributed by atoms with Crippen LogP contribution in [0.4, 0.5) is 5.69 Å². The fourth-order valence-corrected chi connectivity index (χ4v) is 5.15. The molecule has 1 saturated carbocycles. The Morgan fingerprint density at radius 2 is 1.92 bits per heavy atom. The van der Waals surface area contributed by atoms with Gasteiger partial charge in [-0.2, -0.15) is 5.10 Å². The quantitative estimate of drug-likeness (QED) is 0.818. The molecule has 1 unspecified atom stereocenters. The van der Waals surface area contributed by atoms with Gasteiger partial charge in [0.1, 0.15) is 0 Å². The van der Waals surface area contributed by atoms with Crippen molar-refractivity contribution in [3.8, 4) is 0 Å². The maximum Gasteiger partial charge on any atom is 0.276 e. The molecular weight excluding hydrogens is 406 g/mol. The van der Waals surface area contributed by atoms with Crippen molar-refractivity contribution < 1.29 is 13.2 Å². The Labute approximate surface area is 154 Å². The van der Waals surface area contributed by atoms with E-state index in [0.29, 0.717) is 23.7 Å². The van der Waals surface area contributed by atoms with E-state index >= 15 is 0 Å². The third kappa shape index (κ3) is 3.64. The summed E-state index contributed by atoms with van der Waals surface area (Å²) in [6.07, 6.45) is 2.70. The molecule has 2 aliphatic rings. The smallest absolute Gasteiger partial charge is 0.276 e. The number of carbonyl (C=O) groups excluding carboxylic acids is 1. The van der Waals surface area contributed by atoms with Crippen LogP contribution in [-0.4, -0.2) is 35.6 Å². The van der Waals surface area contributed by atoms with Crippen molar-refractivity contribution in [1.29, 1.82) is 0 Å². The molecule has 1 N–H and O–H groups in total. The maximum atomic E-state index is 12.5. The van der Waals surface area contributed by atoms with Crippen LogP contribution in [0.3, 0.4) is 0 Å². The van der Waals surface area contributed by atoms with Crippen LogP contribution in [0.25, 0.3) is 0 Å².